The van der Waals surface area contributed by atoms with Crippen LogP contribution in [0.3, 0.4) is 0 Å². The number of anilines is 1. The Morgan fingerprint density at radius 3 is 2.84 bits per heavy atom. The van der Waals surface area contributed by atoms with Crippen LogP contribution < -0.4 is 10.1 Å². The zero-order chi connectivity index (χ0) is 17.6. The lowest BCUT2D eigenvalue weighted by Gasteiger charge is -2.28. The molecule has 1 aromatic rings. The summed E-state index contributed by atoms with van der Waals surface area (Å²) in [4.78, 5) is 32.7. The first kappa shape index (κ1) is 17.6. The molecule has 1 aromatic heterocycles. The summed E-state index contributed by atoms with van der Waals surface area (Å²) >= 11 is 0. The Morgan fingerprint density at radius 2 is 2.16 bits per heavy atom. The summed E-state index contributed by atoms with van der Waals surface area (Å²) in [6, 6.07) is 3.42. The van der Waals surface area contributed by atoms with Crippen LogP contribution in [0.15, 0.2) is 18.3 Å². The first-order chi connectivity index (χ1) is 12.2. The number of ether oxygens (including phenoxy) is 2. The number of rotatable bonds is 6. The number of nitrogens with one attached hydrogen (secondary N) is 1. The highest BCUT2D eigenvalue weighted by Gasteiger charge is 2.34. The number of nitrogens with zero attached hydrogens (tertiary/aromatic N) is 3. The number of methoxy groups -OCH3 is 1. The van der Waals surface area contributed by atoms with E-state index in [2.05, 4.69) is 15.2 Å². The highest BCUT2D eigenvalue weighted by molar-refractivity contribution is 5.97. The Hall–Kier alpha value is -2.19. The summed E-state index contributed by atoms with van der Waals surface area (Å²) in [6.07, 6.45) is 1.81. The fourth-order valence-electron chi connectivity index (χ4n) is 3.07. The monoisotopic (exact) mass is 348 g/mol. The summed E-state index contributed by atoms with van der Waals surface area (Å²) < 4.78 is 10.3. The van der Waals surface area contributed by atoms with E-state index >= 15 is 0 Å². The average Bonchev–Trinajstić information content (AvgIpc) is 3.02. The van der Waals surface area contributed by atoms with Crippen molar-refractivity contribution in [2.75, 3.05) is 58.4 Å². The number of carbonyl (C=O) groups is 2. The molecule has 2 aliphatic rings. The molecule has 0 saturated carbocycles. The summed E-state index contributed by atoms with van der Waals surface area (Å²) in [5.74, 6) is 0.0677. The van der Waals surface area contributed by atoms with E-state index in [0.717, 1.165) is 32.8 Å². The van der Waals surface area contributed by atoms with Crippen LogP contribution in [0.2, 0.25) is 0 Å². The van der Waals surface area contributed by atoms with Crippen LogP contribution in [0.25, 0.3) is 0 Å². The molecule has 8 heteroatoms. The molecule has 1 unspecified atom stereocenters. The predicted molar refractivity (Wildman–Crippen MR) is 91.4 cm³/mol. The van der Waals surface area contributed by atoms with Crippen molar-refractivity contribution in [3.8, 4) is 5.88 Å². The molecule has 1 atom stereocenters. The van der Waals surface area contributed by atoms with Crippen LogP contribution in [0.4, 0.5) is 5.69 Å². The first-order valence-electron chi connectivity index (χ1n) is 8.54. The van der Waals surface area contributed by atoms with E-state index in [1.807, 2.05) is 0 Å². The Labute approximate surface area is 147 Å². The van der Waals surface area contributed by atoms with Crippen LogP contribution in [-0.2, 0) is 14.3 Å². The van der Waals surface area contributed by atoms with Gasteiger partial charge in [0.15, 0.2) is 0 Å². The number of aromatic nitrogens is 1. The minimum Gasteiger partial charge on any atom is -0.481 e. The molecule has 2 amide bonds. The number of pyridine rings is 1. The summed E-state index contributed by atoms with van der Waals surface area (Å²) in [6.45, 7) is 5.24. The Morgan fingerprint density at radius 1 is 1.36 bits per heavy atom. The van der Waals surface area contributed by atoms with E-state index < -0.39 is 0 Å². The van der Waals surface area contributed by atoms with Crippen LogP contribution in [0.1, 0.15) is 6.42 Å². The van der Waals surface area contributed by atoms with E-state index in [9.17, 15) is 9.59 Å². The molecular weight excluding hydrogens is 324 g/mol. The summed E-state index contributed by atoms with van der Waals surface area (Å²) in [5.41, 5.74) is 0.602. The maximum atomic E-state index is 12.4. The van der Waals surface area contributed by atoms with Crippen molar-refractivity contribution >= 4 is 17.5 Å². The van der Waals surface area contributed by atoms with Gasteiger partial charge in [-0.3, -0.25) is 14.5 Å². The van der Waals surface area contributed by atoms with Crippen LogP contribution in [-0.4, -0.2) is 79.6 Å². The Kier molecular flexibility index (Phi) is 5.83. The normalized spacial score (nSPS) is 21.4. The zero-order valence-corrected chi connectivity index (χ0v) is 14.4. The van der Waals surface area contributed by atoms with Crippen LogP contribution in [0, 0.1) is 5.92 Å². The molecule has 0 spiro atoms. The quantitative estimate of drug-likeness (QED) is 0.791. The topological polar surface area (TPSA) is 84.0 Å². The Bertz CT molecular complexity index is 601. The van der Waals surface area contributed by atoms with Gasteiger partial charge in [-0.05, 0) is 6.07 Å². The number of carbonyl (C=O) groups excluding carboxylic acids is 2. The van der Waals surface area contributed by atoms with Gasteiger partial charge in [-0.15, -0.1) is 0 Å². The third kappa shape index (κ3) is 4.67. The molecule has 2 fully saturated rings. The van der Waals surface area contributed by atoms with Crippen molar-refractivity contribution in [1.82, 2.24) is 14.8 Å². The highest BCUT2D eigenvalue weighted by Crippen LogP contribution is 2.20. The number of hydrogen-bond donors (Lipinski definition) is 1. The van der Waals surface area contributed by atoms with E-state index in [1.54, 1.807) is 23.2 Å². The van der Waals surface area contributed by atoms with E-state index in [4.69, 9.17) is 9.47 Å². The van der Waals surface area contributed by atoms with Gasteiger partial charge in [0.25, 0.3) is 0 Å². The van der Waals surface area contributed by atoms with Gasteiger partial charge in [0, 0.05) is 45.2 Å². The second kappa shape index (κ2) is 8.26. The molecule has 0 aliphatic carbocycles. The Balaban J connectivity index is 1.47. The van der Waals surface area contributed by atoms with Gasteiger partial charge >= 0.3 is 0 Å². The second-order valence-electron chi connectivity index (χ2n) is 6.27. The minimum atomic E-state index is -0.320. The van der Waals surface area contributed by atoms with Gasteiger partial charge in [-0.2, -0.15) is 0 Å². The zero-order valence-electron chi connectivity index (χ0n) is 14.4. The number of amides is 2. The average molecular weight is 348 g/mol. The van der Waals surface area contributed by atoms with Gasteiger partial charge in [-0.25, -0.2) is 4.98 Å². The largest absolute Gasteiger partial charge is 0.481 e. The third-order valence-electron chi connectivity index (χ3n) is 4.59. The van der Waals surface area contributed by atoms with Crippen molar-refractivity contribution < 1.29 is 19.1 Å². The lowest BCUT2D eigenvalue weighted by atomic mass is 10.1. The lowest BCUT2D eigenvalue weighted by molar-refractivity contribution is -0.128. The van der Waals surface area contributed by atoms with Crippen molar-refractivity contribution in [3.63, 3.8) is 0 Å². The maximum Gasteiger partial charge on any atom is 0.229 e. The van der Waals surface area contributed by atoms with E-state index in [1.165, 1.54) is 7.11 Å². The van der Waals surface area contributed by atoms with Crippen molar-refractivity contribution in [2.24, 2.45) is 5.92 Å². The molecule has 2 aliphatic heterocycles. The molecule has 136 valence electrons. The molecule has 3 rings (SSSR count). The lowest BCUT2D eigenvalue weighted by Crippen LogP contribution is -2.42. The molecule has 3 heterocycles. The fraction of sp³-hybridized carbons (Fsp3) is 0.588. The van der Waals surface area contributed by atoms with E-state index in [0.29, 0.717) is 24.7 Å². The van der Waals surface area contributed by atoms with Crippen molar-refractivity contribution in [2.45, 2.75) is 6.42 Å². The first-order valence-corrected chi connectivity index (χ1v) is 8.54. The molecule has 0 radical (unpaired) electrons. The number of likely N-dealkylation sites (tertiary alicyclic amines) is 1. The molecule has 0 bridgehead atoms. The van der Waals surface area contributed by atoms with Crippen LogP contribution in [0.5, 0.6) is 5.88 Å². The van der Waals surface area contributed by atoms with Gasteiger partial charge in [0.1, 0.15) is 0 Å². The minimum absolute atomic E-state index is 0.0428. The van der Waals surface area contributed by atoms with Gasteiger partial charge in [0.05, 0.1) is 38.1 Å². The molecular formula is C17H24N4O4. The SMILES string of the molecule is COc1ccc(NC(=O)C2CC(=O)N(CCN3CCOCC3)C2)cn1. The molecule has 1 N–H and O–H groups in total. The summed E-state index contributed by atoms with van der Waals surface area (Å²) in [5, 5.41) is 2.82. The second-order valence-corrected chi connectivity index (χ2v) is 6.27. The number of hydrogen-bond acceptors (Lipinski definition) is 6. The smallest absolute Gasteiger partial charge is 0.229 e. The van der Waals surface area contributed by atoms with Crippen LogP contribution >= 0.6 is 0 Å². The molecule has 2 saturated heterocycles. The standard InChI is InChI=1S/C17H24N4O4/c1-24-15-3-2-14(11-18-15)19-17(23)13-10-16(22)21(12-13)5-4-20-6-8-25-9-7-20/h2-3,11,13H,4-10,12H2,1H3,(H,19,23). The predicted octanol–water partition coefficient (Wildman–Crippen LogP) is 0.209. The van der Waals surface area contributed by atoms with Crippen molar-refractivity contribution in [3.05, 3.63) is 18.3 Å². The summed E-state index contributed by atoms with van der Waals surface area (Å²) in [7, 11) is 1.54. The van der Waals surface area contributed by atoms with Gasteiger partial charge < -0.3 is 19.7 Å². The number of morpholine rings is 1. The van der Waals surface area contributed by atoms with Gasteiger partial charge in [0.2, 0.25) is 17.7 Å². The maximum absolute atomic E-state index is 12.4. The van der Waals surface area contributed by atoms with Crippen molar-refractivity contribution in [1.29, 1.82) is 0 Å². The molecule has 0 aromatic carbocycles. The fourth-order valence-corrected chi connectivity index (χ4v) is 3.07. The van der Waals surface area contributed by atoms with Gasteiger partial charge in [-0.1, -0.05) is 0 Å². The molecule has 25 heavy (non-hydrogen) atoms. The highest BCUT2D eigenvalue weighted by atomic mass is 16.5. The third-order valence-corrected chi connectivity index (χ3v) is 4.59. The molecule has 8 nitrogen and oxygen atoms in total. The van der Waals surface area contributed by atoms with E-state index in [-0.39, 0.29) is 24.2 Å².